The van der Waals surface area contributed by atoms with Gasteiger partial charge < -0.3 is 0 Å². The molecule has 0 saturated heterocycles. The van der Waals surface area contributed by atoms with E-state index in [4.69, 9.17) is 0 Å². The molecule has 1 unspecified atom stereocenters. The Balaban J connectivity index is 2.74. The van der Waals surface area contributed by atoms with Gasteiger partial charge in [0.05, 0.1) is 0 Å². The third kappa shape index (κ3) is 5.57. The van der Waals surface area contributed by atoms with Gasteiger partial charge in [0.25, 0.3) is 0 Å². The van der Waals surface area contributed by atoms with E-state index in [1.807, 2.05) is 38.1 Å². The maximum Gasteiger partial charge on any atom is 0.389 e. The first-order chi connectivity index (χ1) is 7.78. The zero-order valence-corrected chi connectivity index (χ0v) is 11.5. The average Bonchev–Trinajstić information content (AvgIpc) is 2.14. The predicted octanol–water partition coefficient (Wildman–Crippen LogP) is 5.22. The van der Waals surface area contributed by atoms with Crippen molar-refractivity contribution >= 4 is 15.9 Å². The lowest BCUT2D eigenvalue weighted by Crippen LogP contribution is -2.21. The summed E-state index contributed by atoms with van der Waals surface area (Å²) in [5.74, 6) is -0.333. The lowest BCUT2D eigenvalue weighted by Gasteiger charge is -2.22. The van der Waals surface area contributed by atoms with Crippen molar-refractivity contribution < 1.29 is 13.2 Å². The first-order valence-electron chi connectivity index (χ1n) is 5.59. The third-order valence-corrected chi connectivity index (χ3v) is 3.32. The van der Waals surface area contributed by atoms with Crippen molar-refractivity contribution in [1.82, 2.24) is 0 Å². The molecule has 0 N–H and O–H groups in total. The highest BCUT2D eigenvalue weighted by atomic mass is 79.9. The molecule has 0 aliphatic carbocycles. The van der Waals surface area contributed by atoms with E-state index in [9.17, 15) is 13.2 Å². The molecule has 0 heterocycles. The Kier molecular flexibility index (Phi) is 5.04. The minimum absolute atomic E-state index is 0.0237. The molecule has 0 nitrogen and oxygen atoms in total. The summed E-state index contributed by atoms with van der Waals surface area (Å²) < 4.78 is 38.2. The van der Waals surface area contributed by atoms with Gasteiger partial charge in [-0.25, -0.2) is 0 Å². The van der Waals surface area contributed by atoms with Crippen LogP contribution in [0.5, 0.6) is 0 Å². The van der Waals surface area contributed by atoms with Gasteiger partial charge in [-0.15, -0.1) is 0 Å². The minimum Gasteiger partial charge on any atom is -0.171 e. The SMILES string of the molecule is CC(C)C(Cc1cccc(Br)c1)CC(F)(F)F. The van der Waals surface area contributed by atoms with Crippen molar-refractivity contribution in [2.45, 2.75) is 32.9 Å². The molecule has 0 radical (unpaired) electrons. The van der Waals surface area contributed by atoms with Crippen LogP contribution in [0.3, 0.4) is 0 Å². The third-order valence-electron chi connectivity index (χ3n) is 2.82. The highest BCUT2D eigenvalue weighted by Gasteiger charge is 2.33. The molecule has 1 aromatic carbocycles. The van der Waals surface area contributed by atoms with E-state index in [2.05, 4.69) is 15.9 Å². The molecule has 1 atom stereocenters. The lowest BCUT2D eigenvalue weighted by molar-refractivity contribution is -0.147. The van der Waals surface area contributed by atoms with Gasteiger partial charge in [-0.2, -0.15) is 13.2 Å². The summed E-state index contributed by atoms with van der Waals surface area (Å²) in [5, 5.41) is 0. The van der Waals surface area contributed by atoms with Gasteiger partial charge in [-0.3, -0.25) is 0 Å². The van der Waals surface area contributed by atoms with Crippen LogP contribution in [-0.4, -0.2) is 6.18 Å². The molecule has 4 heteroatoms. The van der Waals surface area contributed by atoms with Crippen LogP contribution in [0.2, 0.25) is 0 Å². The van der Waals surface area contributed by atoms with Crippen LogP contribution in [0.15, 0.2) is 28.7 Å². The number of halogens is 4. The maximum absolute atomic E-state index is 12.4. The largest absolute Gasteiger partial charge is 0.389 e. The van der Waals surface area contributed by atoms with Crippen molar-refractivity contribution in [3.63, 3.8) is 0 Å². The van der Waals surface area contributed by atoms with Crippen LogP contribution in [0.25, 0.3) is 0 Å². The Hall–Kier alpha value is -0.510. The summed E-state index contributed by atoms with van der Waals surface area (Å²) in [6, 6.07) is 7.48. The van der Waals surface area contributed by atoms with Gasteiger partial charge in [-0.1, -0.05) is 41.9 Å². The van der Waals surface area contributed by atoms with Crippen LogP contribution in [0.1, 0.15) is 25.8 Å². The van der Waals surface area contributed by atoms with Crippen LogP contribution in [0.4, 0.5) is 13.2 Å². The van der Waals surface area contributed by atoms with E-state index in [1.54, 1.807) is 0 Å². The van der Waals surface area contributed by atoms with E-state index in [0.717, 1.165) is 10.0 Å². The second-order valence-electron chi connectivity index (χ2n) is 4.66. The second kappa shape index (κ2) is 5.89. The van der Waals surface area contributed by atoms with Crippen molar-refractivity contribution in [2.24, 2.45) is 11.8 Å². The standard InChI is InChI=1S/C13H16BrF3/c1-9(2)11(8-13(15,16)17)6-10-4-3-5-12(14)7-10/h3-5,7,9,11H,6,8H2,1-2H3. The summed E-state index contributed by atoms with van der Waals surface area (Å²) in [7, 11) is 0. The Morgan fingerprint density at radius 3 is 2.35 bits per heavy atom. The van der Waals surface area contributed by atoms with E-state index in [1.165, 1.54) is 0 Å². The summed E-state index contributed by atoms with van der Waals surface area (Å²) >= 11 is 3.33. The van der Waals surface area contributed by atoms with Gasteiger partial charge in [0, 0.05) is 10.9 Å². The van der Waals surface area contributed by atoms with Crippen molar-refractivity contribution in [3.8, 4) is 0 Å². The summed E-state index contributed by atoms with van der Waals surface area (Å²) in [4.78, 5) is 0. The normalized spacial score (nSPS) is 14.1. The van der Waals surface area contributed by atoms with Gasteiger partial charge >= 0.3 is 6.18 Å². The Morgan fingerprint density at radius 2 is 1.88 bits per heavy atom. The molecule has 0 fully saturated rings. The van der Waals surface area contributed by atoms with Crippen LogP contribution >= 0.6 is 15.9 Å². The first-order valence-corrected chi connectivity index (χ1v) is 6.38. The van der Waals surface area contributed by atoms with Gasteiger partial charge in [0.2, 0.25) is 0 Å². The molecule has 1 rings (SSSR count). The Bertz CT molecular complexity index is 358. The Morgan fingerprint density at radius 1 is 1.24 bits per heavy atom. The topological polar surface area (TPSA) is 0 Å². The zero-order chi connectivity index (χ0) is 13.1. The van der Waals surface area contributed by atoms with Gasteiger partial charge in [0.15, 0.2) is 0 Å². The molecular formula is C13H16BrF3. The smallest absolute Gasteiger partial charge is 0.171 e. The maximum atomic E-state index is 12.4. The molecule has 0 aliphatic heterocycles. The number of hydrogen-bond donors (Lipinski definition) is 0. The van der Waals surface area contributed by atoms with E-state index in [-0.39, 0.29) is 11.8 Å². The fourth-order valence-corrected chi connectivity index (χ4v) is 2.25. The van der Waals surface area contributed by atoms with Crippen LogP contribution < -0.4 is 0 Å². The number of alkyl halides is 3. The monoisotopic (exact) mass is 308 g/mol. The predicted molar refractivity (Wildman–Crippen MR) is 66.8 cm³/mol. The molecule has 0 amide bonds. The molecule has 1 aromatic rings. The molecule has 0 aliphatic rings. The van der Waals surface area contributed by atoms with Crippen molar-refractivity contribution in [3.05, 3.63) is 34.3 Å². The van der Waals surface area contributed by atoms with E-state index < -0.39 is 12.6 Å². The molecule has 17 heavy (non-hydrogen) atoms. The Labute approximate surface area is 108 Å². The molecule has 0 aromatic heterocycles. The second-order valence-corrected chi connectivity index (χ2v) is 5.57. The average molecular weight is 309 g/mol. The van der Waals surface area contributed by atoms with Crippen molar-refractivity contribution in [1.29, 1.82) is 0 Å². The summed E-state index contributed by atoms with van der Waals surface area (Å²) in [6.45, 7) is 3.68. The lowest BCUT2D eigenvalue weighted by atomic mass is 9.86. The van der Waals surface area contributed by atoms with Gasteiger partial charge in [0.1, 0.15) is 0 Å². The minimum atomic E-state index is -4.08. The van der Waals surface area contributed by atoms with Crippen LogP contribution in [0, 0.1) is 11.8 Å². The molecule has 96 valence electrons. The van der Waals surface area contributed by atoms with Crippen molar-refractivity contribution in [2.75, 3.05) is 0 Å². The number of rotatable bonds is 4. The highest BCUT2D eigenvalue weighted by Crippen LogP contribution is 2.31. The summed E-state index contributed by atoms with van der Waals surface area (Å²) in [6.07, 6.45) is -4.32. The molecule has 0 spiro atoms. The van der Waals surface area contributed by atoms with Crippen LogP contribution in [-0.2, 0) is 6.42 Å². The molecule has 0 saturated carbocycles. The fraction of sp³-hybridized carbons (Fsp3) is 0.538. The quantitative estimate of drug-likeness (QED) is 0.715. The number of hydrogen-bond acceptors (Lipinski definition) is 0. The molecular weight excluding hydrogens is 293 g/mol. The van der Waals surface area contributed by atoms with E-state index in [0.29, 0.717) is 6.42 Å². The summed E-state index contributed by atoms with van der Waals surface area (Å²) in [5.41, 5.74) is 0.947. The first kappa shape index (κ1) is 14.6. The fourth-order valence-electron chi connectivity index (χ4n) is 1.81. The van der Waals surface area contributed by atoms with Gasteiger partial charge in [-0.05, 0) is 36.0 Å². The number of benzene rings is 1. The zero-order valence-electron chi connectivity index (χ0n) is 9.89. The van der Waals surface area contributed by atoms with E-state index >= 15 is 0 Å². The molecule has 0 bridgehead atoms. The highest BCUT2D eigenvalue weighted by molar-refractivity contribution is 9.10.